The molecule has 0 unspecified atom stereocenters. The highest BCUT2D eigenvalue weighted by atomic mass is 19.1. The van der Waals surface area contributed by atoms with Crippen molar-refractivity contribution in [2.75, 3.05) is 18.0 Å². The first-order valence-electron chi connectivity index (χ1n) is 6.55. The summed E-state index contributed by atoms with van der Waals surface area (Å²) in [5.41, 5.74) is 3.84. The Morgan fingerprint density at radius 2 is 2.16 bits per heavy atom. The molecular weight excluding hydrogens is 243 g/mol. The second kappa shape index (κ2) is 4.46. The van der Waals surface area contributed by atoms with Crippen LogP contribution in [0.1, 0.15) is 17.7 Å². The summed E-state index contributed by atoms with van der Waals surface area (Å²) in [5, 5.41) is 10.5. The van der Waals surface area contributed by atoms with Gasteiger partial charge in [0.1, 0.15) is 5.82 Å². The average Bonchev–Trinajstić information content (AvgIpc) is 2.78. The Morgan fingerprint density at radius 3 is 2.84 bits per heavy atom. The van der Waals surface area contributed by atoms with Crippen LogP contribution in [0.15, 0.2) is 18.2 Å². The van der Waals surface area contributed by atoms with Crippen molar-refractivity contribution in [3.63, 3.8) is 0 Å². The minimum atomic E-state index is -0.295. The first-order valence-corrected chi connectivity index (χ1v) is 6.55. The van der Waals surface area contributed by atoms with Gasteiger partial charge >= 0.3 is 0 Å². The molecule has 1 aromatic carbocycles. The minimum absolute atomic E-state index is 0.251. The van der Waals surface area contributed by atoms with E-state index in [9.17, 15) is 9.50 Å². The molecule has 1 atom stereocenters. The number of halogens is 1. The van der Waals surface area contributed by atoms with Crippen molar-refractivity contribution in [2.45, 2.75) is 26.4 Å². The first kappa shape index (κ1) is 12.4. The van der Waals surface area contributed by atoms with Crippen LogP contribution in [0.4, 0.5) is 10.1 Å². The van der Waals surface area contributed by atoms with Crippen LogP contribution in [0, 0.1) is 19.7 Å². The first-order chi connectivity index (χ1) is 9.06. The van der Waals surface area contributed by atoms with Gasteiger partial charge in [-0.2, -0.15) is 0 Å². The van der Waals surface area contributed by atoms with Crippen molar-refractivity contribution < 1.29 is 9.50 Å². The molecule has 0 spiro atoms. The molecule has 2 aromatic rings. The lowest BCUT2D eigenvalue weighted by Gasteiger charge is -2.23. The van der Waals surface area contributed by atoms with Gasteiger partial charge in [0.05, 0.1) is 17.3 Å². The number of aromatic nitrogens is 1. The second-order valence-electron chi connectivity index (χ2n) is 5.22. The number of anilines is 1. The van der Waals surface area contributed by atoms with E-state index in [4.69, 9.17) is 0 Å². The van der Waals surface area contributed by atoms with Crippen LogP contribution in [0.25, 0.3) is 10.9 Å². The molecule has 1 aliphatic rings. The van der Waals surface area contributed by atoms with Gasteiger partial charge in [-0.25, -0.2) is 4.39 Å². The van der Waals surface area contributed by atoms with Crippen LogP contribution in [-0.4, -0.2) is 29.3 Å². The van der Waals surface area contributed by atoms with Crippen molar-refractivity contribution in [2.24, 2.45) is 0 Å². The summed E-state index contributed by atoms with van der Waals surface area (Å²) in [4.78, 5) is 6.65. The number of aryl methyl sites for hydroxylation is 1. The third-order valence-electron chi connectivity index (χ3n) is 3.88. The van der Waals surface area contributed by atoms with Crippen molar-refractivity contribution >= 4 is 16.6 Å². The number of aliphatic hydroxyl groups is 1. The standard InChI is InChI=1S/C15H17FN2O/c1-9-10(2)17-14-4-3-11(16)7-13(14)15(9)18-6-5-12(19)8-18/h3-4,7,12,19H,5-6,8H2,1-2H3/t12-/m0/s1. The highest BCUT2D eigenvalue weighted by Crippen LogP contribution is 2.33. The Hall–Kier alpha value is -1.68. The minimum Gasteiger partial charge on any atom is -0.391 e. The Labute approximate surface area is 111 Å². The van der Waals surface area contributed by atoms with Gasteiger partial charge in [-0.1, -0.05) is 0 Å². The van der Waals surface area contributed by atoms with Gasteiger partial charge in [-0.15, -0.1) is 0 Å². The Bertz CT molecular complexity index is 642. The van der Waals surface area contributed by atoms with Gasteiger partial charge in [0.15, 0.2) is 0 Å². The van der Waals surface area contributed by atoms with Crippen LogP contribution < -0.4 is 4.90 Å². The van der Waals surface area contributed by atoms with Gasteiger partial charge in [0, 0.05) is 24.2 Å². The molecule has 1 aliphatic heterocycles. The summed E-state index contributed by atoms with van der Waals surface area (Å²) < 4.78 is 13.5. The number of β-amino-alcohol motifs (C(OH)–C–C–N with tert-alkyl or cyclic N) is 1. The summed E-state index contributed by atoms with van der Waals surface area (Å²) >= 11 is 0. The summed E-state index contributed by atoms with van der Waals surface area (Å²) in [5.74, 6) is -0.251. The Kier molecular flexibility index (Phi) is 2.90. The molecule has 1 aromatic heterocycles. The number of fused-ring (bicyclic) bond motifs is 1. The number of hydrogen-bond acceptors (Lipinski definition) is 3. The fourth-order valence-electron chi connectivity index (χ4n) is 2.79. The summed E-state index contributed by atoms with van der Waals surface area (Å²) in [6, 6.07) is 4.69. The molecule has 3 nitrogen and oxygen atoms in total. The van der Waals surface area contributed by atoms with Crippen LogP contribution in [0.2, 0.25) is 0 Å². The second-order valence-corrected chi connectivity index (χ2v) is 5.22. The van der Waals surface area contributed by atoms with Crippen LogP contribution in [0.5, 0.6) is 0 Å². The van der Waals surface area contributed by atoms with E-state index in [0.29, 0.717) is 6.54 Å². The van der Waals surface area contributed by atoms with Crippen LogP contribution >= 0.6 is 0 Å². The predicted molar refractivity (Wildman–Crippen MR) is 74.0 cm³/mol. The highest BCUT2D eigenvalue weighted by molar-refractivity contribution is 5.94. The zero-order chi connectivity index (χ0) is 13.6. The summed E-state index contributed by atoms with van der Waals surface area (Å²) in [7, 11) is 0. The maximum Gasteiger partial charge on any atom is 0.124 e. The van der Waals surface area contributed by atoms with Crippen molar-refractivity contribution in [3.8, 4) is 0 Å². The molecule has 0 radical (unpaired) electrons. The van der Waals surface area contributed by atoms with Crippen molar-refractivity contribution in [1.82, 2.24) is 4.98 Å². The van der Waals surface area contributed by atoms with E-state index in [1.54, 1.807) is 6.07 Å². The number of benzene rings is 1. The topological polar surface area (TPSA) is 36.4 Å². The Balaban J connectivity index is 2.25. The van der Waals surface area contributed by atoms with Gasteiger partial charge in [-0.3, -0.25) is 4.98 Å². The number of nitrogens with zero attached hydrogens (tertiary/aromatic N) is 2. The third kappa shape index (κ3) is 2.06. The lowest BCUT2D eigenvalue weighted by molar-refractivity contribution is 0.198. The molecule has 1 N–H and O–H groups in total. The molecular formula is C15H17FN2O. The fourth-order valence-corrected chi connectivity index (χ4v) is 2.79. The molecule has 3 rings (SSSR count). The van der Waals surface area contributed by atoms with Gasteiger partial charge in [0.2, 0.25) is 0 Å². The normalized spacial score (nSPS) is 19.4. The maximum absolute atomic E-state index is 13.5. The molecule has 2 heterocycles. The van der Waals surface area contributed by atoms with E-state index in [2.05, 4.69) is 9.88 Å². The SMILES string of the molecule is Cc1nc2ccc(F)cc2c(N2CC[C@H](O)C2)c1C. The van der Waals surface area contributed by atoms with Crippen LogP contribution in [0.3, 0.4) is 0 Å². The summed E-state index contributed by atoms with van der Waals surface area (Å²) in [6.07, 6.45) is 0.467. The number of hydrogen-bond donors (Lipinski definition) is 1. The largest absolute Gasteiger partial charge is 0.391 e. The third-order valence-corrected chi connectivity index (χ3v) is 3.88. The maximum atomic E-state index is 13.5. The molecule has 0 bridgehead atoms. The van der Waals surface area contributed by atoms with E-state index in [0.717, 1.165) is 40.8 Å². The Morgan fingerprint density at radius 1 is 1.37 bits per heavy atom. The fraction of sp³-hybridized carbons (Fsp3) is 0.400. The lowest BCUT2D eigenvalue weighted by Crippen LogP contribution is -2.22. The van der Waals surface area contributed by atoms with Crippen LogP contribution in [-0.2, 0) is 0 Å². The van der Waals surface area contributed by atoms with Crippen molar-refractivity contribution in [1.29, 1.82) is 0 Å². The smallest absolute Gasteiger partial charge is 0.124 e. The van der Waals surface area contributed by atoms with E-state index in [1.807, 2.05) is 13.8 Å². The molecule has 0 saturated carbocycles. The van der Waals surface area contributed by atoms with E-state index in [1.165, 1.54) is 12.1 Å². The van der Waals surface area contributed by atoms with E-state index in [-0.39, 0.29) is 11.9 Å². The predicted octanol–water partition coefficient (Wildman–Crippen LogP) is 2.56. The zero-order valence-electron chi connectivity index (χ0n) is 11.2. The number of aliphatic hydroxyl groups excluding tert-OH is 1. The van der Waals surface area contributed by atoms with Gasteiger partial charge < -0.3 is 10.0 Å². The molecule has 4 heteroatoms. The highest BCUT2D eigenvalue weighted by Gasteiger charge is 2.24. The monoisotopic (exact) mass is 260 g/mol. The van der Waals surface area contributed by atoms with E-state index < -0.39 is 0 Å². The molecule has 1 fully saturated rings. The lowest BCUT2D eigenvalue weighted by atomic mass is 10.1. The zero-order valence-corrected chi connectivity index (χ0v) is 11.2. The van der Waals surface area contributed by atoms with Gasteiger partial charge in [-0.05, 0) is 44.0 Å². The molecule has 100 valence electrons. The molecule has 0 aliphatic carbocycles. The molecule has 0 amide bonds. The average molecular weight is 260 g/mol. The van der Waals surface area contributed by atoms with Gasteiger partial charge in [0.25, 0.3) is 0 Å². The number of pyridine rings is 1. The van der Waals surface area contributed by atoms with Crippen molar-refractivity contribution in [3.05, 3.63) is 35.3 Å². The number of rotatable bonds is 1. The molecule has 1 saturated heterocycles. The quantitative estimate of drug-likeness (QED) is 0.856. The van der Waals surface area contributed by atoms with E-state index >= 15 is 0 Å². The summed E-state index contributed by atoms with van der Waals surface area (Å²) in [6.45, 7) is 5.38. The molecule has 19 heavy (non-hydrogen) atoms.